The molecule has 0 amide bonds. The van der Waals surface area contributed by atoms with Crippen LogP contribution in [0.15, 0.2) is 59.9 Å². The van der Waals surface area contributed by atoms with E-state index in [1.54, 1.807) is 20.0 Å². The van der Waals surface area contributed by atoms with Gasteiger partial charge in [-0.05, 0) is 54.3 Å². The lowest BCUT2D eigenvalue weighted by Crippen LogP contribution is -2.26. The first-order chi connectivity index (χ1) is 17.2. The van der Waals surface area contributed by atoms with E-state index in [9.17, 15) is 4.79 Å². The molecule has 5 aromatic rings. The Morgan fingerprint density at radius 3 is 2.69 bits per heavy atom. The van der Waals surface area contributed by atoms with E-state index in [2.05, 4.69) is 42.6 Å². The van der Waals surface area contributed by atoms with Gasteiger partial charge in [0.2, 0.25) is 11.8 Å². The molecular formula is C24H26N10O. The van der Waals surface area contributed by atoms with Crippen LogP contribution in [0, 0.1) is 0 Å². The highest BCUT2D eigenvalue weighted by atomic mass is 16.2. The average molecular weight is 471 g/mol. The number of hydrogen-bond acceptors (Lipinski definition) is 7. The van der Waals surface area contributed by atoms with E-state index in [-0.39, 0.29) is 5.69 Å². The number of aromatic nitrogens is 10. The molecular weight excluding hydrogens is 444 g/mol. The fourth-order valence-corrected chi connectivity index (χ4v) is 4.09. The standard InChI is InChI=1S/C24H26N10O/c1-3-5-9-21-15-33(23-26-16-27-34(23)4-2)24(35)32(21)14-20-13-18(10-11-25-20)17-7-6-8-19(12-17)22-28-30-31-29-22/h6-8,10-13,15-16H,3-5,9,14H2,1-2H3,(H,28,29,30,31). The Labute approximate surface area is 201 Å². The average Bonchev–Trinajstić information content (AvgIpc) is 3.65. The summed E-state index contributed by atoms with van der Waals surface area (Å²) in [5.74, 6) is 1.06. The number of nitrogens with zero attached hydrogens (tertiary/aromatic N) is 9. The molecule has 0 bridgehead atoms. The second-order valence-electron chi connectivity index (χ2n) is 8.19. The van der Waals surface area contributed by atoms with Crippen LogP contribution in [0.25, 0.3) is 28.5 Å². The van der Waals surface area contributed by atoms with Crippen molar-refractivity contribution in [2.75, 3.05) is 0 Å². The fourth-order valence-electron chi connectivity index (χ4n) is 4.09. The van der Waals surface area contributed by atoms with Crippen LogP contribution in [0.1, 0.15) is 38.1 Å². The predicted molar refractivity (Wildman–Crippen MR) is 130 cm³/mol. The Bertz CT molecular complexity index is 1480. The van der Waals surface area contributed by atoms with Crippen LogP contribution >= 0.6 is 0 Å². The summed E-state index contributed by atoms with van der Waals surface area (Å²) in [7, 11) is 0. The third-order valence-electron chi connectivity index (χ3n) is 5.89. The van der Waals surface area contributed by atoms with Gasteiger partial charge in [0.15, 0.2) is 0 Å². The fraction of sp³-hybridized carbons (Fsp3) is 0.292. The van der Waals surface area contributed by atoms with Gasteiger partial charge in [-0.25, -0.2) is 14.0 Å². The van der Waals surface area contributed by atoms with E-state index in [0.29, 0.717) is 24.9 Å². The molecule has 178 valence electrons. The molecule has 5 rings (SSSR count). The molecule has 0 unspecified atom stereocenters. The Balaban J connectivity index is 1.49. The maximum Gasteiger partial charge on any atom is 0.335 e. The van der Waals surface area contributed by atoms with Gasteiger partial charge < -0.3 is 0 Å². The van der Waals surface area contributed by atoms with E-state index in [1.807, 2.05) is 49.5 Å². The molecule has 11 heteroatoms. The predicted octanol–water partition coefficient (Wildman–Crippen LogP) is 2.88. The summed E-state index contributed by atoms with van der Waals surface area (Å²) in [6.07, 6.45) is 7.95. The van der Waals surface area contributed by atoms with Crippen molar-refractivity contribution < 1.29 is 0 Å². The number of aryl methyl sites for hydroxylation is 2. The lowest BCUT2D eigenvalue weighted by atomic mass is 10.0. The van der Waals surface area contributed by atoms with Crippen molar-refractivity contribution in [3.05, 3.63) is 77.0 Å². The molecule has 0 fully saturated rings. The molecule has 1 aromatic carbocycles. The topological polar surface area (TPSA) is 125 Å². The molecule has 0 aliphatic heterocycles. The number of unbranched alkanes of at least 4 members (excludes halogenated alkanes) is 1. The summed E-state index contributed by atoms with van der Waals surface area (Å²) in [4.78, 5) is 22.3. The molecule has 0 saturated heterocycles. The molecule has 0 spiro atoms. The monoisotopic (exact) mass is 470 g/mol. The molecule has 11 nitrogen and oxygen atoms in total. The maximum absolute atomic E-state index is 13.4. The summed E-state index contributed by atoms with van der Waals surface area (Å²) in [6.45, 7) is 5.11. The SMILES string of the molecule is CCCCc1cn(-c2ncnn2CC)c(=O)n1Cc1cc(-c2cccc(-c3nn[nH]n3)c2)ccn1. The van der Waals surface area contributed by atoms with Gasteiger partial charge in [-0.15, -0.1) is 10.2 Å². The lowest BCUT2D eigenvalue weighted by Gasteiger charge is -2.09. The molecule has 0 atom stereocenters. The van der Waals surface area contributed by atoms with Crippen LogP contribution in [0.5, 0.6) is 0 Å². The van der Waals surface area contributed by atoms with Crippen LogP contribution in [-0.2, 0) is 19.5 Å². The Morgan fingerprint density at radius 1 is 1.03 bits per heavy atom. The molecule has 35 heavy (non-hydrogen) atoms. The smallest absolute Gasteiger partial charge is 0.290 e. The zero-order valence-corrected chi connectivity index (χ0v) is 19.7. The van der Waals surface area contributed by atoms with Crippen LogP contribution in [0.2, 0.25) is 0 Å². The quantitative estimate of drug-likeness (QED) is 0.351. The van der Waals surface area contributed by atoms with Crippen molar-refractivity contribution >= 4 is 0 Å². The van der Waals surface area contributed by atoms with Gasteiger partial charge in [-0.1, -0.05) is 31.5 Å². The highest BCUT2D eigenvalue weighted by Crippen LogP contribution is 2.24. The van der Waals surface area contributed by atoms with Gasteiger partial charge in [0.1, 0.15) is 6.33 Å². The number of pyridine rings is 1. The van der Waals surface area contributed by atoms with Crippen LogP contribution in [0.3, 0.4) is 0 Å². The lowest BCUT2D eigenvalue weighted by molar-refractivity contribution is 0.618. The normalized spacial score (nSPS) is 11.3. The van der Waals surface area contributed by atoms with Gasteiger partial charge in [0.25, 0.3) is 0 Å². The number of tetrazole rings is 1. The van der Waals surface area contributed by atoms with Gasteiger partial charge in [-0.2, -0.15) is 15.3 Å². The van der Waals surface area contributed by atoms with Crippen molar-refractivity contribution in [2.45, 2.75) is 46.2 Å². The highest BCUT2D eigenvalue weighted by molar-refractivity contribution is 5.70. The number of H-pyrrole nitrogens is 1. The van der Waals surface area contributed by atoms with Crippen molar-refractivity contribution in [1.29, 1.82) is 0 Å². The van der Waals surface area contributed by atoms with E-state index in [1.165, 1.54) is 6.33 Å². The summed E-state index contributed by atoms with van der Waals surface area (Å²) in [5.41, 5.74) is 4.46. The van der Waals surface area contributed by atoms with Crippen molar-refractivity contribution in [3.8, 4) is 28.5 Å². The van der Waals surface area contributed by atoms with E-state index >= 15 is 0 Å². The number of nitrogens with one attached hydrogen (secondary N) is 1. The number of rotatable bonds is 9. The zero-order valence-electron chi connectivity index (χ0n) is 19.7. The Morgan fingerprint density at radius 2 is 1.89 bits per heavy atom. The first-order valence-electron chi connectivity index (χ1n) is 11.7. The van der Waals surface area contributed by atoms with Crippen molar-refractivity contribution in [2.24, 2.45) is 0 Å². The Hall–Kier alpha value is -4.41. The van der Waals surface area contributed by atoms with E-state index in [4.69, 9.17) is 0 Å². The minimum absolute atomic E-state index is 0.148. The van der Waals surface area contributed by atoms with E-state index < -0.39 is 0 Å². The maximum atomic E-state index is 13.4. The van der Waals surface area contributed by atoms with Gasteiger partial charge >= 0.3 is 5.69 Å². The van der Waals surface area contributed by atoms with Crippen LogP contribution < -0.4 is 5.69 Å². The van der Waals surface area contributed by atoms with E-state index in [0.717, 1.165) is 47.3 Å². The first kappa shape index (κ1) is 22.4. The number of hydrogen-bond donors (Lipinski definition) is 1. The molecule has 0 radical (unpaired) electrons. The van der Waals surface area contributed by atoms with Crippen molar-refractivity contribution in [1.82, 2.24) is 49.5 Å². The van der Waals surface area contributed by atoms with Gasteiger partial charge in [-0.3, -0.25) is 9.55 Å². The molecule has 4 heterocycles. The Kier molecular flexibility index (Phi) is 6.29. The molecule has 0 aliphatic carbocycles. The minimum Gasteiger partial charge on any atom is -0.290 e. The molecule has 1 N–H and O–H groups in total. The second-order valence-corrected chi connectivity index (χ2v) is 8.19. The van der Waals surface area contributed by atoms with Gasteiger partial charge in [0, 0.05) is 30.2 Å². The largest absolute Gasteiger partial charge is 0.335 e. The summed E-state index contributed by atoms with van der Waals surface area (Å²) in [6, 6.07) is 11.9. The molecule has 4 aromatic heterocycles. The number of benzene rings is 1. The zero-order chi connectivity index (χ0) is 24.2. The third-order valence-corrected chi connectivity index (χ3v) is 5.89. The summed E-state index contributed by atoms with van der Waals surface area (Å²) >= 11 is 0. The van der Waals surface area contributed by atoms with Gasteiger partial charge in [0.05, 0.1) is 12.2 Å². The molecule has 0 saturated carbocycles. The number of aromatic amines is 1. The summed E-state index contributed by atoms with van der Waals surface area (Å²) in [5, 5.41) is 18.5. The second kappa shape index (κ2) is 9.84. The molecule has 0 aliphatic rings. The highest BCUT2D eigenvalue weighted by Gasteiger charge is 2.17. The minimum atomic E-state index is -0.148. The summed E-state index contributed by atoms with van der Waals surface area (Å²) < 4.78 is 5.08. The number of imidazole rings is 1. The third kappa shape index (κ3) is 4.52. The van der Waals surface area contributed by atoms with Crippen LogP contribution in [-0.4, -0.2) is 49.5 Å². The van der Waals surface area contributed by atoms with Crippen LogP contribution in [0.4, 0.5) is 0 Å². The first-order valence-corrected chi connectivity index (χ1v) is 11.7. The van der Waals surface area contributed by atoms with Crippen molar-refractivity contribution in [3.63, 3.8) is 0 Å².